The van der Waals surface area contributed by atoms with E-state index in [0.717, 1.165) is 16.7 Å². The van der Waals surface area contributed by atoms with Gasteiger partial charge < -0.3 is 4.74 Å². The Morgan fingerprint density at radius 1 is 1.33 bits per heavy atom. The Morgan fingerprint density at radius 3 is 2.92 bits per heavy atom. The molecule has 3 heterocycles. The summed E-state index contributed by atoms with van der Waals surface area (Å²) >= 11 is 0. The molecule has 0 bridgehead atoms. The summed E-state index contributed by atoms with van der Waals surface area (Å²) in [6.45, 7) is 0.466. The number of carbonyl (C=O) groups excluding carboxylic acids is 1. The smallest absolute Gasteiger partial charge is 0.221 e. The van der Waals surface area contributed by atoms with Crippen LogP contribution >= 0.6 is 0 Å². The number of carbonyl (C=O) groups is 1. The van der Waals surface area contributed by atoms with Gasteiger partial charge in [0.05, 0.1) is 13.7 Å². The van der Waals surface area contributed by atoms with Crippen molar-refractivity contribution in [2.45, 2.75) is 6.54 Å². The summed E-state index contributed by atoms with van der Waals surface area (Å²) in [6.07, 6.45) is 5.70. The molecule has 3 aromatic rings. The molecule has 0 saturated heterocycles. The molecule has 0 aromatic carbocycles. The maximum absolute atomic E-state index is 10.7. The van der Waals surface area contributed by atoms with Gasteiger partial charge in [0.2, 0.25) is 5.88 Å². The van der Waals surface area contributed by atoms with Crippen molar-refractivity contribution >= 4 is 6.29 Å². The minimum Gasteiger partial charge on any atom is -0.481 e. The van der Waals surface area contributed by atoms with Gasteiger partial charge in [0.25, 0.3) is 0 Å². The monoisotopic (exact) mass is 319 g/mol. The lowest BCUT2D eigenvalue weighted by molar-refractivity contribution is 0.111. The van der Waals surface area contributed by atoms with E-state index in [1.165, 1.54) is 0 Å². The predicted octanol–water partition coefficient (Wildman–Crippen LogP) is 2.08. The fraction of sp³-hybridized carbons (Fsp3) is 0.118. The quantitative estimate of drug-likeness (QED) is 0.668. The Bertz CT molecular complexity index is 927. The fourth-order valence-electron chi connectivity index (χ4n) is 2.33. The van der Waals surface area contributed by atoms with Crippen molar-refractivity contribution in [3.05, 3.63) is 59.8 Å². The van der Waals surface area contributed by atoms with Crippen LogP contribution in [0.15, 0.2) is 42.9 Å². The summed E-state index contributed by atoms with van der Waals surface area (Å²) < 4.78 is 6.97. The summed E-state index contributed by atoms with van der Waals surface area (Å²) in [5, 5.41) is 13.1. The summed E-state index contributed by atoms with van der Waals surface area (Å²) in [6, 6.07) is 9.06. The normalized spacial score (nSPS) is 10.2. The standard InChI is InChI=1S/C17H13N5O2/c1-24-17-16(13-2-4-19-15(7-13)8-18)6-12(9-20-17)10-22-5-3-14(11-23)21-22/h2-7,9,11H,10H2,1H3. The number of rotatable bonds is 5. The van der Waals surface area contributed by atoms with Gasteiger partial charge >= 0.3 is 0 Å². The molecule has 0 saturated carbocycles. The topological polar surface area (TPSA) is 93.7 Å². The highest BCUT2D eigenvalue weighted by atomic mass is 16.5. The molecular weight excluding hydrogens is 306 g/mol. The number of pyridine rings is 2. The van der Waals surface area contributed by atoms with Gasteiger partial charge in [0.1, 0.15) is 17.5 Å². The van der Waals surface area contributed by atoms with Crippen LogP contribution in [-0.2, 0) is 6.54 Å². The maximum Gasteiger partial charge on any atom is 0.221 e. The van der Waals surface area contributed by atoms with Crippen molar-refractivity contribution in [1.29, 1.82) is 5.26 Å². The predicted molar refractivity (Wildman–Crippen MR) is 85.5 cm³/mol. The highest BCUT2D eigenvalue weighted by molar-refractivity contribution is 5.71. The molecule has 0 atom stereocenters. The van der Waals surface area contributed by atoms with Crippen LogP contribution in [0.3, 0.4) is 0 Å². The first kappa shape index (κ1) is 15.4. The van der Waals surface area contributed by atoms with Crippen molar-refractivity contribution in [3.8, 4) is 23.1 Å². The molecule has 7 heteroatoms. The maximum atomic E-state index is 10.7. The largest absolute Gasteiger partial charge is 0.481 e. The Hall–Kier alpha value is -3.53. The third kappa shape index (κ3) is 3.13. The van der Waals surface area contributed by atoms with Crippen LogP contribution in [0.2, 0.25) is 0 Å². The Morgan fingerprint density at radius 2 is 2.21 bits per heavy atom. The number of nitriles is 1. The number of hydrogen-bond donors (Lipinski definition) is 0. The van der Waals surface area contributed by atoms with Crippen LogP contribution in [-0.4, -0.2) is 33.1 Å². The Labute approximate surface area is 138 Å². The average Bonchev–Trinajstić information content (AvgIpc) is 3.09. The van der Waals surface area contributed by atoms with E-state index in [1.807, 2.05) is 12.1 Å². The molecule has 0 unspecified atom stereocenters. The number of methoxy groups -OCH3 is 1. The summed E-state index contributed by atoms with van der Waals surface area (Å²) in [5.74, 6) is 0.461. The number of ether oxygens (including phenoxy) is 1. The summed E-state index contributed by atoms with van der Waals surface area (Å²) in [7, 11) is 1.54. The highest BCUT2D eigenvalue weighted by Gasteiger charge is 2.10. The molecule has 0 aliphatic rings. The minimum absolute atomic E-state index is 0.322. The summed E-state index contributed by atoms with van der Waals surface area (Å²) in [4.78, 5) is 19.0. The molecule has 0 aliphatic carbocycles. The molecule has 0 radical (unpaired) electrons. The van der Waals surface area contributed by atoms with Crippen molar-refractivity contribution in [1.82, 2.24) is 19.7 Å². The van der Waals surface area contributed by atoms with E-state index >= 15 is 0 Å². The van der Waals surface area contributed by atoms with Crippen LogP contribution in [0.4, 0.5) is 0 Å². The summed E-state index contributed by atoms with van der Waals surface area (Å²) in [5.41, 5.74) is 3.15. The molecule has 0 aliphatic heterocycles. The van der Waals surface area contributed by atoms with Crippen LogP contribution in [0.25, 0.3) is 11.1 Å². The number of nitrogens with zero attached hydrogens (tertiary/aromatic N) is 5. The van der Waals surface area contributed by atoms with Crippen LogP contribution < -0.4 is 4.74 Å². The lowest BCUT2D eigenvalue weighted by atomic mass is 10.1. The third-order valence-electron chi connectivity index (χ3n) is 3.41. The molecule has 7 nitrogen and oxygen atoms in total. The van der Waals surface area contributed by atoms with Gasteiger partial charge in [-0.15, -0.1) is 0 Å². The molecule has 0 N–H and O–H groups in total. The first-order valence-electron chi connectivity index (χ1n) is 7.11. The van der Waals surface area contributed by atoms with Crippen molar-refractivity contribution in [3.63, 3.8) is 0 Å². The third-order valence-corrected chi connectivity index (χ3v) is 3.41. The molecule has 0 fully saturated rings. The zero-order valence-corrected chi connectivity index (χ0v) is 12.9. The molecule has 3 rings (SSSR count). The second-order valence-corrected chi connectivity index (χ2v) is 5.00. The van der Waals surface area contributed by atoms with Crippen molar-refractivity contribution < 1.29 is 9.53 Å². The van der Waals surface area contributed by atoms with Crippen LogP contribution in [0, 0.1) is 11.3 Å². The lowest BCUT2D eigenvalue weighted by Gasteiger charge is -2.10. The van der Waals surface area contributed by atoms with Gasteiger partial charge in [-0.25, -0.2) is 9.97 Å². The van der Waals surface area contributed by atoms with Crippen molar-refractivity contribution in [2.75, 3.05) is 7.11 Å². The number of hydrogen-bond acceptors (Lipinski definition) is 6. The number of aldehydes is 1. The van der Waals surface area contributed by atoms with Crippen LogP contribution in [0.5, 0.6) is 5.88 Å². The van der Waals surface area contributed by atoms with Crippen LogP contribution in [0.1, 0.15) is 21.7 Å². The van der Waals surface area contributed by atoms with E-state index in [1.54, 1.807) is 48.6 Å². The van der Waals surface area contributed by atoms with Gasteiger partial charge in [0, 0.05) is 24.2 Å². The molecule has 0 amide bonds. The van der Waals surface area contributed by atoms with Gasteiger partial charge in [-0.2, -0.15) is 10.4 Å². The number of aromatic nitrogens is 4. The van der Waals surface area contributed by atoms with Crippen molar-refractivity contribution in [2.24, 2.45) is 0 Å². The van der Waals surface area contributed by atoms with E-state index in [-0.39, 0.29) is 0 Å². The minimum atomic E-state index is 0.322. The van der Waals surface area contributed by atoms with E-state index in [0.29, 0.717) is 30.1 Å². The Balaban J connectivity index is 1.98. The average molecular weight is 319 g/mol. The second kappa shape index (κ2) is 6.71. The zero-order valence-electron chi connectivity index (χ0n) is 12.9. The van der Waals surface area contributed by atoms with Gasteiger partial charge in [-0.1, -0.05) is 0 Å². The lowest BCUT2D eigenvalue weighted by Crippen LogP contribution is -2.03. The van der Waals surface area contributed by atoms with E-state index in [2.05, 4.69) is 15.1 Å². The fourth-order valence-corrected chi connectivity index (χ4v) is 2.33. The molecule has 118 valence electrons. The van der Waals surface area contributed by atoms with E-state index < -0.39 is 0 Å². The first-order chi connectivity index (χ1) is 11.7. The van der Waals surface area contributed by atoms with E-state index in [4.69, 9.17) is 10.00 Å². The van der Waals surface area contributed by atoms with Gasteiger partial charge in [-0.05, 0) is 35.4 Å². The molecule has 0 spiro atoms. The van der Waals surface area contributed by atoms with Gasteiger partial charge in [-0.3, -0.25) is 9.48 Å². The highest BCUT2D eigenvalue weighted by Crippen LogP contribution is 2.29. The van der Waals surface area contributed by atoms with Gasteiger partial charge in [0.15, 0.2) is 6.29 Å². The SMILES string of the molecule is COc1ncc(Cn2ccc(C=O)n2)cc1-c1ccnc(C#N)c1. The van der Waals surface area contributed by atoms with E-state index in [9.17, 15) is 4.79 Å². The zero-order chi connectivity index (χ0) is 16.9. The molecule has 24 heavy (non-hydrogen) atoms. The molecule has 3 aromatic heterocycles. The molecular formula is C17H13N5O2. The Kier molecular flexibility index (Phi) is 4.29. The first-order valence-corrected chi connectivity index (χ1v) is 7.11. The second-order valence-electron chi connectivity index (χ2n) is 5.00.